The molecule has 2 nitrogen and oxygen atoms in total. The first-order valence-electron chi connectivity index (χ1n) is 4.52. The van der Waals surface area contributed by atoms with Crippen LogP contribution in [0.3, 0.4) is 0 Å². The first-order valence-corrected chi connectivity index (χ1v) is 4.52. The molecule has 0 aliphatic carbocycles. The Morgan fingerprint density at radius 2 is 1.45 bits per heavy atom. The molecule has 0 rings (SSSR count). The number of hydrogen-bond donors (Lipinski definition) is 0. The Hall–Kier alpha value is -0.0800. The zero-order chi connectivity index (χ0) is 8.69. The maximum atomic E-state index is 3.90. The predicted molar refractivity (Wildman–Crippen MR) is 50.4 cm³/mol. The quantitative estimate of drug-likeness (QED) is 0.575. The van der Waals surface area contributed by atoms with Crippen molar-refractivity contribution in [1.82, 2.24) is 9.80 Å². The van der Waals surface area contributed by atoms with Gasteiger partial charge in [0.1, 0.15) is 0 Å². The molecule has 0 aliphatic heterocycles. The van der Waals surface area contributed by atoms with Crippen molar-refractivity contribution in [2.75, 3.05) is 32.7 Å². The first-order chi connectivity index (χ1) is 5.24. The van der Waals surface area contributed by atoms with E-state index >= 15 is 0 Å². The fourth-order valence-corrected chi connectivity index (χ4v) is 0.981. The second kappa shape index (κ2) is 6.62. The summed E-state index contributed by atoms with van der Waals surface area (Å²) in [6.45, 7) is 12.1. The normalized spacial score (nSPS) is 11.5. The fraction of sp³-hybridized carbons (Fsp3) is 0.889. The summed E-state index contributed by atoms with van der Waals surface area (Å²) in [4.78, 5) is 4.51. The van der Waals surface area contributed by atoms with Crippen molar-refractivity contribution < 1.29 is 0 Å². The molecule has 67 valence electrons. The van der Waals surface area contributed by atoms with E-state index in [1.165, 1.54) is 0 Å². The van der Waals surface area contributed by atoms with Crippen molar-refractivity contribution in [1.29, 1.82) is 0 Å². The second-order valence-corrected chi connectivity index (χ2v) is 2.74. The average Bonchev–Trinajstić information content (AvgIpc) is 2.06. The average molecular weight is 157 g/mol. The third-order valence-corrected chi connectivity index (χ3v) is 2.07. The molecule has 0 fully saturated rings. The van der Waals surface area contributed by atoms with Crippen LogP contribution in [0.4, 0.5) is 0 Å². The maximum Gasteiger partial charge on any atom is 0.0110 e. The molecule has 11 heavy (non-hydrogen) atoms. The summed E-state index contributed by atoms with van der Waals surface area (Å²) < 4.78 is 0. The molecular formula is C9H21N2. The predicted octanol–water partition coefficient (Wildman–Crippen LogP) is 1.44. The van der Waals surface area contributed by atoms with Crippen LogP contribution < -0.4 is 0 Å². The smallest absolute Gasteiger partial charge is 0.0110 e. The van der Waals surface area contributed by atoms with E-state index in [0.29, 0.717) is 0 Å². The molecule has 0 unspecified atom stereocenters. The van der Waals surface area contributed by atoms with Gasteiger partial charge in [0, 0.05) is 20.1 Å². The van der Waals surface area contributed by atoms with E-state index < -0.39 is 0 Å². The van der Waals surface area contributed by atoms with Gasteiger partial charge in [0.05, 0.1) is 0 Å². The highest BCUT2D eigenvalue weighted by Gasteiger charge is 1.99. The molecule has 0 aliphatic rings. The Morgan fingerprint density at radius 3 is 1.82 bits per heavy atom. The Labute approximate surface area is 71.2 Å². The molecule has 0 bridgehead atoms. The van der Waals surface area contributed by atoms with Crippen molar-refractivity contribution in [3.63, 3.8) is 0 Å². The van der Waals surface area contributed by atoms with Crippen LogP contribution in [-0.4, -0.2) is 42.5 Å². The van der Waals surface area contributed by atoms with E-state index in [1.54, 1.807) is 0 Å². The minimum Gasteiger partial charge on any atom is -0.303 e. The largest absolute Gasteiger partial charge is 0.303 e. The molecule has 0 aromatic carbocycles. The van der Waals surface area contributed by atoms with Crippen LogP contribution in [-0.2, 0) is 0 Å². The van der Waals surface area contributed by atoms with Gasteiger partial charge in [-0.15, -0.1) is 0 Å². The molecule has 1 radical (unpaired) electrons. The summed E-state index contributed by atoms with van der Waals surface area (Å²) in [5.41, 5.74) is 0. The van der Waals surface area contributed by atoms with Crippen LogP contribution in [0.25, 0.3) is 0 Å². The van der Waals surface area contributed by atoms with Gasteiger partial charge >= 0.3 is 0 Å². The van der Waals surface area contributed by atoms with E-state index in [1.807, 2.05) is 0 Å². The number of nitrogens with zero attached hydrogens (tertiary/aromatic N) is 2. The zero-order valence-corrected chi connectivity index (χ0v) is 8.14. The molecule has 0 spiro atoms. The lowest BCUT2D eigenvalue weighted by atomic mass is 10.4. The lowest BCUT2D eigenvalue weighted by Crippen LogP contribution is -2.32. The third-order valence-electron chi connectivity index (χ3n) is 2.07. The number of hydrogen-bond acceptors (Lipinski definition) is 2. The summed E-state index contributed by atoms with van der Waals surface area (Å²) in [5, 5.41) is 0. The Bertz CT molecular complexity index is 79.6. The maximum absolute atomic E-state index is 3.90. The van der Waals surface area contributed by atoms with Gasteiger partial charge in [0.25, 0.3) is 0 Å². The molecule has 0 aromatic rings. The molecular weight excluding hydrogens is 136 g/mol. The zero-order valence-electron chi connectivity index (χ0n) is 8.14. The van der Waals surface area contributed by atoms with Gasteiger partial charge in [-0.25, -0.2) is 0 Å². The Balaban J connectivity index is 3.34. The highest BCUT2D eigenvalue weighted by atomic mass is 15.2. The van der Waals surface area contributed by atoms with Crippen LogP contribution in [0, 0.1) is 7.05 Å². The lowest BCUT2D eigenvalue weighted by molar-refractivity contribution is 0.258. The minimum atomic E-state index is 1.04. The van der Waals surface area contributed by atoms with Gasteiger partial charge in [0.15, 0.2) is 0 Å². The highest BCUT2D eigenvalue weighted by molar-refractivity contribution is 4.58. The summed E-state index contributed by atoms with van der Waals surface area (Å²) in [5.74, 6) is 0. The summed E-state index contributed by atoms with van der Waals surface area (Å²) >= 11 is 0. The number of likely N-dealkylation sites (N-methyl/N-ethyl adjacent to an activating group) is 2. The van der Waals surface area contributed by atoms with Crippen LogP contribution in [0.2, 0.25) is 0 Å². The molecule has 0 aromatic heterocycles. The van der Waals surface area contributed by atoms with Crippen molar-refractivity contribution in [2.45, 2.75) is 20.8 Å². The summed E-state index contributed by atoms with van der Waals surface area (Å²) in [6.07, 6.45) is 0. The van der Waals surface area contributed by atoms with Crippen molar-refractivity contribution in [3.05, 3.63) is 7.05 Å². The van der Waals surface area contributed by atoms with Crippen molar-refractivity contribution >= 4 is 0 Å². The summed E-state index contributed by atoms with van der Waals surface area (Å²) in [7, 11) is 3.90. The molecule has 0 heterocycles. The van der Waals surface area contributed by atoms with Crippen LogP contribution >= 0.6 is 0 Å². The van der Waals surface area contributed by atoms with Gasteiger partial charge in [-0.2, -0.15) is 0 Å². The molecule has 0 atom stereocenters. The standard InChI is InChI=1S/C9H21N2/c1-5-10(4)8-9-11(6-2)7-3/h4-9H2,1-3H3. The van der Waals surface area contributed by atoms with E-state index in [0.717, 1.165) is 32.7 Å². The van der Waals surface area contributed by atoms with Gasteiger partial charge in [0.2, 0.25) is 0 Å². The van der Waals surface area contributed by atoms with E-state index in [-0.39, 0.29) is 0 Å². The van der Waals surface area contributed by atoms with Gasteiger partial charge in [-0.1, -0.05) is 20.8 Å². The molecule has 0 saturated carbocycles. The minimum absolute atomic E-state index is 1.04. The first kappa shape index (κ1) is 10.9. The third kappa shape index (κ3) is 5.22. The van der Waals surface area contributed by atoms with Crippen LogP contribution in [0.15, 0.2) is 0 Å². The molecule has 0 N–H and O–H groups in total. The topological polar surface area (TPSA) is 6.48 Å². The molecule has 0 saturated heterocycles. The van der Waals surface area contributed by atoms with Gasteiger partial charge in [-0.3, -0.25) is 0 Å². The lowest BCUT2D eigenvalue weighted by Gasteiger charge is -2.21. The number of rotatable bonds is 6. The highest BCUT2D eigenvalue weighted by Crippen LogP contribution is 1.89. The van der Waals surface area contributed by atoms with Crippen LogP contribution in [0.1, 0.15) is 20.8 Å². The van der Waals surface area contributed by atoms with E-state index in [4.69, 9.17) is 0 Å². The molecule has 0 amide bonds. The summed E-state index contributed by atoms with van der Waals surface area (Å²) in [6, 6.07) is 0. The van der Waals surface area contributed by atoms with Gasteiger partial charge < -0.3 is 9.80 Å². The SMILES string of the molecule is [CH2]N(CC)CCN(CC)CC. The Kier molecular flexibility index (Phi) is 6.57. The Morgan fingerprint density at radius 1 is 0.909 bits per heavy atom. The second-order valence-electron chi connectivity index (χ2n) is 2.74. The van der Waals surface area contributed by atoms with Crippen LogP contribution in [0.5, 0.6) is 0 Å². The van der Waals surface area contributed by atoms with E-state index in [2.05, 4.69) is 37.6 Å². The van der Waals surface area contributed by atoms with Crippen molar-refractivity contribution in [3.8, 4) is 0 Å². The van der Waals surface area contributed by atoms with E-state index in [9.17, 15) is 0 Å². The monoisotopic (exact) mass is 157 g/mol. The van der Waals surface area contributed by atoms with Gasteiger partial charge in [-0.05, 0) is 19.6 Å². The van der Waals surface area contributed by atoms with Crippen molar-refractivity contribution in [2.24, 2.45) is 0 Å². The fourth-order valence-electron chi connectivity index (χ4n) is 0.981. The molecule has 2 heteroatoms.